The first-order valence-corrected chi connectivity index (χ1v) is 6.65. The number of halogens is 2. The number of benzene rings is 1. The van der Waals surface area contributed by atoms with Crippen LogP contribution in [0.4, 0.5) is 0 Å². The van der Waals surface area contributed by atoms with Crippen LogP contribution in [0.25, 0.3) is 0 Å². The van der Waals surface area contributed by atoms with E-state index in [2.05, 4.69) is 15.5 Å². The van der Waals surface area contributed by atoms with E-state index in [1.807, 2.05) is 0 Å². The summed E-state index contributed by atoms with van der Waals surface area (Å²) in [5.74, 6) is 0.129. The first-order valence-electron chi connectivity index (χ1n) is 5.89. The number of carbonyl (C=O) groups excluding carboxylic acids is 1. The van der Waals surface area contributed by atoms with E-state index in [0.717, 1.165) is 5.56 Å². The minimum absolute atomic E-state index is 0.123. The van der Waals surface area contributed by atoms with Crippen LogP contribution in [0.3, 0.4) is 0 Å². The standard InChI is InChI=1S/C14H11Cl2N3O2/c1-21-12-5-4-9(7-11(12)15)8-18-19-14(20)10-3-2-6-17-13(10)16/h2-8H,1H3,(H,19,20). The Hall–Kier alpha value is -2.11. The van der Waals surface area contributed by atoms with Gasteiger partial charge in [-0.3, -0.25) is 4.79 Å². The average Bonchev–Trinajstić information content (AvgIpc) is 2.48. The van der Waals surface area contributed by atoms with Crippen molar-refractivity contribution in [2.75, 3.05) is 7.11 Å². The molecule has 1 aromatic carbocycles. The lowest BCUT2D eigenvalue weighted by Crippen LogP contribution is -2.18. The van der Waals surface area contributed by atoms with E-state index in [9.17, 15) is 4.79 Å². The summed E-state index contributed by atoms with van der Waals surface area (Å²) >= 11 is 11.8. The average molecular weight is 324 g/mol. The van der Waals surface area contributed by atoms with Crippen LogP contribution in [-0.2, 0) is 0 Å². The van der Waals surface area contributed by atoms with E-state index in [1.54, 1.807) is 30.3 Å². The molecule has 0 bridgehead atoms. The number of rotatable bonds is 4. The molecule has 1 aromatic heterocycles. The zero-order chi connectivity index (χ0) is 15.2. The van der Waals surface area contributed by atoms with Crippen LogP contribution >= 0.6 is 23.2 Å². The van der Waals surface area contributed by atoms with Crippen molar-refractivity contribution >= 4 is 35.3 Å². The van der Waals surface area contributed by atoms with E-state index in [1.165, 1.54) is 19.5 Å². The number of carbonyl (C=O) groups is 1. The summed E-state index contributed by atoms with van der Waals surface area (Å²) in [7, 11) is 1.53. The fourth-order valence-electron chi connectivity index (χ4n) is 1.54. The molecule has 2 rings (SSSR count). The molecule has 2 aromatic rings. The SMILES string of the molecule is COc1ccc(C=NNC(=O)c2cccnc2Cl)cc1Cl. The van der Waals surface area contributed by atoms with Gasteiger partial charge in [0.15, 0.2) is 0 Å². The van der Waals surface area contributed by atoms with Crippen LogP contribution < -0.4 is 10.2 Å². The predicted octanol–water partition coefficient (Wildman–Crippen LogP) is 3.16. The van der Waals surface area contributed by atoms with Crippen molar-refractivity contribution < 1.29 is 9.53 Å². The van der Waals surface area contributed by atoms with Gasteiger partial charge in [-0.15, -0.1) is 0 Å². The number of hydrogen-bond acceptors (Lipinski definition) is 4. The van der Waals surface area contributed by atoms with Crippen LogP contribution in [0.1, 0.15) is 15.9 Å². The van der Waals surface area contributed by atoms with Gasteiger partial charge in [-0.25, -0.2) is 10.4 Å². The summed E-state index contributed by atoms with van der Waals surface area (Å²) in [6, 6.07) is 8.33. The number of ether oxygens (including phenoxy) is 1. The predicted molar refractivity (Wildman–Crippen MR) is 82.3 cm³/mol. The lowest BCUT2D eigenvalue weighted by atomic mass is 10.2. The summed E-state index contributed by atoms with van der Waals surface area (Å²) in [5.41, 5.74) is 3.34. The second-order valence-electron chi connectivity index (χ2n) is 3.93. The Morgan fingerprint density at radius 2 is 2.19 bits per heavy atom. The molecule has 0 radical (unpaired) electrons. The number of aromatic nitrogens is 1. The first-order chi connectivity index (χ1) is 10.1. The van der Waals surface area contributed by atoms with Gasteiger partial charge in [-0.05, 0) is 35.9 Å². The van der Waals surface area contributed by atoms with Crippen molar-refractivity contribution in [3.05, 3.63) is 57.8 Å². The zero-order valence-corrected chi connectivity index (χ0v) is 12.5. The maximum Gasteiger partial charge on any atom is 0.274 e. The fraction of sp³-hybridized carbons (Fsp3) is 0.0714. The largest absolute Gasteiger partial charge is 0.495 e. The number of nitrogens with zero attached hydrogens (tertiary/aromatic N) is 2. The Bertz CT molecular complexity index is 690. The Balaban J connectivity index is 2.04. The van der Waals surface area contributed by atoms with Gasteiger partial charge in [0, 0.05) is 6.20 Å². The summed E-state index contributed by atoms with van der Waals surface area (Å²) < 4.78 is 5.05. The Kier molecular flexibility index (Phi) is 5.14. The van der Waals surface area contributed by atoms with Crippen molar-refractivity contribution in [1.29, 1.82) is 0 Å². The maximum atomic E-state index is 11.8. The van der Waals surface area contributed by atoms with Crippen LogP contribution in [0.15, 0.2) is 41.6 Å². The second-order valence-corrected chi connectivity index (χ2v) is 4.70. The van der Waals surface area contributed by atoms with Crippen molar-refractivity contribution in [3.63, 3.8) is 0 Å². The number of nitrogens with one attached hydrogen (secondary N) is 1. The molecule has 1 heterocycles. The van der Waals surface area contributed by atoms with E-state index in [4.69, 9.17) is 27.9 Å². The molecule has 0 fully saturated rings. The quantitative estimate of drug-likeness (QED) is 0.534. The topological polar surface area (TPSA) is 63.6 Å². The molecular weight excluding hydrogens is 313 g/mol. The Morgan fingerprint density at radius 3 is 2.86 bits per heavy atom. The maximum absolute atomic E-state index is 11.8. The number of hydrogen-bond donors (Lipinski definition) is 1. The van der Waals surface area contributed by atoms with Crippen molar-refractivity contribution in [3.8, 4) is 5.75 Å². The second kappa shape index (κ2) is 7.06. The summed E-state index contributed by atoms with van der Waals surface area (Å²) in [4.78, 5) is 15.6. The van der Waals surface area contributed by atoms with Crippen LogP contribution in [0.2, 0.25) is 10.2 Å². The third-order valence-corrected chi connectivity index (χ3v) is 3.16. The van der Waals surface area contributed by atoms with Crippen molar-refractivity contribution in [2.24, 2.45) is 5.10 Å². The Labute approximate surface area is 131 Å². The van der Waals surface area contributed by atoms with E-state index >= 15 is 0 Å². The van der Waals surface area contributed by atoms with Crippen LogP contribution in [0, 0.1) is 0 Å². The highest BCUT2D eigenvalue weighted by Crippen LogP contribution is 2.24. The molecule has 0 aliphatic rings. The van der Waals surface area contributed by atoms with Gasteiger partial charge in [0.05, 0.1) is 23.9 Å². The molecule has 0 saturated heterocycles. The summed E-state index contributed by atoms with van der Waals surface area (Å²) in [5, 5.41) is 4.43. The van der Waals surface area contributed by atoms with Gasteiger partial charge >= 0.3 is 0 Å². The smallest absolute Gasteiger partial charge is 0.274 e. The number of pyridine rings is 1. The third-order valence-electron chi connectivity index (χ3n) is 2.56. The van der Waals surface area contributed by atoms with Gasteiger partial charge in [-0.1, -0.05) is 23.2 Å². The summed E-state index contributed by atoms with van der Waals surface area (Å²) in [6.45, 7) is 0. The van der Waals surface area contributed by atoms with Crippen LogP contribution in [0.5, 0.6) is 5.75 Å². The highest BCUT2D eigenvalue weighted by Gasteiger charge is 2.09. The lowest BCUT2D eigenvalue weighted by Gasteiger charge is -2.03. The molecule has 7 heteroatoms. The highest BCUT2D eigenvalue weighted by atomic mass is 35.5. The molecule has 0 saturated carbocycles. The van der Waals surface area contributed by atoms with Crippen molar-refractivity contribution in [1.82, 2.24) is 10.4 Å². The number of methoxy groups -OCH3 is 1. The molecule has 1 N–H and O–H groups in total. The molecule has 5 nitrogen and oxygen atoms in total. The van der Waals surface area contributed by atoms with Gasteiger partial charge in [0.1, 0.15) is 10.9 Å². The zero-order valence-electron chi connectivity index (χ0n) is 11.0. The molecule has 108 valence electrons. The molecule has 0 spiro atoms. The first kappa shape index (κ1) is 15.3. The lowest BCUT2D eigenvalue weighted by molar-refractivity contribution is 0.0955. The Morgan fingerprint density at radius 1 is 1.38 bits per heavy atom. The van der Waals surface area contributed by atoms with Crippen molar-refractivity contribution in [2.45, 2.75) is 0 Å². The molecular formula is C14H11Cl2N3O2. The van der Waals surface area contributed by atoms with Crippen LogP contribution in [-0.4, -0.2) is 24.2 Å². The third kappa shape index (κ3) is 3.93. The number of hydrazone groups is 1. The van der Waals surface area contributed by atoms with Gasteiger partial charge in [0.25, 0.3) is 5.91 Å². The highest BCUT2D eigenvalue weighted by molar-refractivity contribution is 6.32. The van der Waals surface area contributed by atoms with E-state index < -0.39 is 5.91 Å². The minimum atomic E-state index is -0.441. The number of amides is 1. The molecule has 0 aliphatic heterocycles. The monoisotopic (exact) mass is 323 g/mol. The molecule has 0 unspecified atom stereocenters. The molecule has 1 amide bonds. The molecule has 0 atom stereocenters. The summed E-state index contributed by atoms with van der Waals surface area (Å²) in [6.07, 6.45) is 2.97. The van der Waals surface area contributed by atoms with E-state index in [0.29, 0.717) is 10.8 Å². The van der Waals surface area contributed by atoms with E-state index in [-0.39, 0.29) is 10.7 Å². The van der Waals surface area contributed by atoms with Gasteiger partial charge < -0.3 is 4.74 Å². The molecule has 0 aliphatic carbocycles. The minimum Gasteiger partial charge on any atom is -0.495 e. The fourth-order valence-corrected chi connectivity index (χ4v) is 2.02. The normalized spacial score (nSPS) is 10.6. The van der Waals surface area contributed by atoms with Gasteiger partial charge in [0.2, 0.25) is 0 Å². The molecule has 21 heavy (non-hydrogen) atoms. The van der Waals surface area contributed by atoms with Gasteiger partial charge in [-0.2, -0.15) is 5.10 Å².